The highest BCUT2D eigenvalue weighted by Gasteiger charge is 2.15. The van der Waals surface area contributed by atoms with Gasteiger partial charge in [-0.2, -0.15) is 0 Å². The van der Waals surface area contributed by atoms with Crippen LogP contribution in [0.2, 0.25) is 0 Å². The molecule has 1 N–H and O–H groups in total. The van der Waals surface area contributed by atoms with Crippen LogP contribution in [0.1, 0.15) is 24.0 Å². The Bertz CT molecular complexity index is 579. The van der Waals surface area contributed by atoms with Crippen molar-refractivity contribution in [3.8, 4) is 5.75 Å². The summed E-state index contributed by atoms with van der Waals surface area (Å²) < 4.78 is 7.12. The Morgan fingerprint density at radius 2 is 1.95 bits per heavy atom. The molecule has 2 nitrogen and oxygen atoms in total. The van der Waals surface area contributed by atoms with Gasteiger partial charge in [-0.05, 0) is 65.0 Å². The SMILES string of the molecule is Brc1cc(Cc2ccccc2)ccc1O[C@@H]1CCCNC1. The Labute approximate surface area is 134 Å². The van der Waals surface area contributed by atoms with E-state index in [-0.39, 0.29) is 6.10 Å². The molecular formula is C18H20BrNO. The minimum Gasteiger partial charge on any atom is -0.488 e. The topological polar surface area (TPSA) is 21.3 Å². The number of ether oxygens (including phenoxy) is 1. The highest BCUT2D eigenvalue weighted by Crippen LogP contribution is 2.28. The highest BCUT2D eigenvalue weighted by molar-refractivity contribution is 9.10. The standard InChI is InChI=1S/C18H20BrNO/c19-17-12-15(11-14-5-2-1-3-6-14)8-9-18(17)21-16-7-4-10-20-13-16/h1-3,5-6,8-9,12,16,20H,4,7,10-11,13H2/t16-/m1/s1. The Morgan fingerprint density at radius 1 is 1.10 bits per heavy atom. The van der Waals surface area contributed by atoms with E-state index in [1.165, 1.54) is 17.5 Å². The summed E-state index contributed by atoms with van der Waals surface area (Å²) >= 11 is 3.64. The summed E-state index contributed by atoms with van der Waals surface area (Å²) in [6.07, 6.45) is 3.56. The van der Waals surface area contributed by atoms with Crippen LogP contribution in [0.15, 0.2) is 53.0 Å². The molecule has 1 aliphatic rings. The zero-order valence-corrected chi connectivity index (χ0v) is 13.6. The van der Waals surface area contributed by atoms with Crippen molar-refractivity contribution in [2.75, 3.05) is 13.1 Å². The summed E-state index contributed by atoms with van der Waals surface area (Å²) in [4.78, 5) is 0. The summed E-state index contributed by atoms with van der Waals surface area (Å²) in [5.74, 6) is 0.945. The van der Waals surface area contributed by atoms with E-state index in [9.17, 15) is 0 Å². The number of halogens is 1. The summed E-state index contributed by atoms with van der Waals surface area (Å²) in [7, 11) is 0. The van der Waals surface area contributed by atoms with Crippen LogP contribution in [0.5, 0.6) is 5.75 Å². The number of hydrogen-bond acceptors (Lipinski definition) is 2. The summed E-state index contributed by atoms with van der Waals surface area (Å²) in [6, 6.07) is 16.9. The second-order valence-corrected chi connectivity index (χ2v) is 6.37. The van der Waals surface area contributed by atoms with Gasteiger partial charge < -0.3 is 10.1 Å². The van der Waals surface area contributed by atoms with Crippen LogP contribution >= 0.6 is 15.9 Å². The Morgan fingerprint density at radius 3 is 2.67 bits per heavy atom. The van der Waals surface area contributed by atoms with E-state index < -0.39 is 0 Å². The van der Waals surface area contributed by atoms with Crippen LogP contribution in [-0.2, 0) is 6.42 Å². The molecule has 21 heavy (non-hydrogen) atoms. The van der Waals surface area contributed by atoms with E-state index in [0.717, 1.165) is 36.2 Å². The molecule has 0 amide bonds. The number of nitrogens with one attached hydrogen (secondary N) is 1. The lowest BCUT2D eigenvalue weighted by Crippen LogP contribution is -2.37. The molecule has 1 heterocycles. The molecule has 3 heteroatoms. The predicted molar refractivity (Wildman–Crippen MR) is 89.9 cm³/mol. The Kier molecular flexibility index (Phi) is 4.94. The van der Waals surface area contributed by atoms with Crippen LogP contribution in [0, 0.1) is 0 Å². The molecule has 2 aromatic rings. The largest absolute Gasteiger partial charge is 0.488 e. The Hall–Kier alpha value is -1.32. The number of piperidine rings is 1. The van der Waals surface area contributed by atoms with Crippen molar-refractivity contribution in [3.05, 3.63) is 64.1 Å². The molecule has 1 aliphatic heterocycles. The molecular weight excluding hydrogens is 326 g/mol. The third-order valence-corrected chi connectivity index (χ3v) is 4.41. The molecule has 0 radical (unpaired) electrons. The fourth-order valence-electron chi connectivity index (χ4n) is 2.68. The van der Waals surface area contributed by atoms with Crippen molar-refractivity contribution in [1.29, 1.82) is 0 Å². The first kappa shape index (κ1) is 14.6. The van der Waals surface area contributed by atoms with Crippen molar-refractivity contribution in [3.63, 3.8) is 0 Å². The molecule has 3 rings (SSSR count). The van der Waals surface area contributed by atoms with Gasteiger partial charge in [0.1, 0.15) is 11.9 Å². The molecule has 0 unspecified atom stereocenters. The normalized spacial score (nSPS) is 18.4. The van der Waals surface area contributed by atoms with Crippen molar-refractivity contribution >= 4 is 15.9 Å². The van der Waals surface area contributed by atoms with Crippen molar-refractivity contribution < 1.29 is 4.74 Å². The maximum Gasteiger partial charge on any atom is 0.133 e. The van der Waals surface area contributed by atoms with Gasteiger partial charge in [-0.3, -0.25) is 0 Å². The summed E-state index contributed by atoms with van der Waals surface area (Å²) in [5.41, 5.74) is 2.62. The average molecular weight is 346 g/mol. The van der Waals surface area contributed by atoms with Crippen molar-refractivity contribution in [2.24, 2.45) is 0 Å². The average Bonchev–Trinajstić information content (AvgIpc) is 2.52. The van der Waals surface area contributed by atoms with E-state index in [0.29, 0.717) is 0 Å². The van der Waals surface area contributed by atoms with Gasteiger partial charge in [0, 0.05) is 6.54 Å². The van der Waals surface area contributed by atoms with Crippen LogP contribution in [-0.4, -0.2) is 19.2 Å². The minimum atomic E-state index is 0.287. The quantitative estimate of drug-likeness (QED) is 0.897. The van der Waals surface area contributed by atoms with E-state index in [4.69, 9.17) is 4.74 Å². The number of rotatable bonds is 4. The van der Waals surface area contributed by atoms with Crippen LogP contribution in [0.3, 0.4) is 0 Å². The maximum absolute atomic E-state index is 6.08. The van der Waals surface area contributed by atoms with Crippen LogP contribution in [0.4, 0.5) is 0 Å². The van der Waals surface area contributed by atoms with Gasteiger partial charge in [0.25, 0.3) is 0 Å². The molecule has 0 aliphatic carbocycles. The fraction of sp³-hybridized carbons (Fsp3) is 0.333. The third kappa shape index (κ3) is 4.08. The maximum atomic E-state index is 6.08. The third-order valence-electron chi connectivity index (χ3n) is 3.79. The fourth-order valence-corrected chi connectivity index (χ4v) is 3.20. The van der Waals surface area contributed by atoms with Crippen molar-refractivity contribution in [2.45, 2.75) is 25.4 Å². The molecule has 0 saturated carbocycles. The molecule has 1 atom stereocenters. The predicted octanol–water partition coefficient (Wildman–Crippen LogP) is 4.17. The van der Waals surface area contributed by atoms with E-state index in [1.807, 2.05) is 0 Å². The van der Waals surface area contributed by atoms with Gasteiger partial charge in [-0.1, -0.05) is 36.4 Å². The second-order valence-electron chi connectivity index (χ2n) is 5.51. The highest BCUT2D eigenvalue weighted by atomic mass is 79.9. The first-order chi connectivity index (χ1) is 10.3. The van der Waals surface area contributed by atoms with Gasteiger partial charge in [-0.25, -0.2) is 0 Å². The molecule has 2 aromatic carbocycles. The van der Waals surface area contributed by atoms with Gasteiger partial charge in [-0.15, -0.1) is 0 Å². The molecule has 0 bridgehead atoms. The first-order valence-corrected chi connectivity index (χ1v) is 8.30. The van der Waals surface area contributed by atoms with E-state index in [2.05, 4.69) is 69.8 Å². The lowest BCUT2D eigenvalue weighted by molar-refractivity contribution is 0.166. The van der Waals surface area contributed by atoms with Crippen LogP contribution < -0.4 is 10.1 Å². The molecule has 0 aromatic heterocycles. The number of benzene rings is 2. The summed E-state index contributed by atoms with van der Waals surface area (Å²) in [5, 5.41) is 3.38. The van der Waals surface area contributed by atoms with Gasteiger partial charge in [0.2, 0.25) is 0 Å². The molecule has 1 fully saturated rings. The minimum absolute atomic E-state index is 0.287. The zero-order chi connectivity index (χ0) is 14.5. The monoisotopic (exact) mass is 345 g/mol. The molecule has 110 valence electrons. The lowest BCUT2D eigenvalue weighted by atomic mass is 10.1. The van der Waals surface area contributed by atoms with Crippen LogP contribution in [0.25, 0.3) is 0 Å². The van der Waals surface area contributed by atoms with E-state index >= 15 is 0 Å². The van der Waals surface area contributed by atoms with Gasteiger partial charge in [0.15, 0.2) is 0 Å². The first-order valence-electron chi connectivity index (χ1n) is 7.51. The smallest absolute Gasteiger partial charge is 0.133 e. The number of hydrogen-bond donors (Lipinski definition) is 1. The lowest BCUT2D eigenvalue weighted by Gasteiger charge is -2.24. The van der Waals surface area contributed by atoms with Crippen molar-refractivity contribution in [1.82, 2.24) is 5.32 Å². The zero-order valence-electron chi connectivity index (χ0n) is 12.0. The van der Waals surface area contributed by atoms with Gasteiger partial charge >= 0.3 is 0 Å². The molecule has 0 spiro atoms. The second kappa shape index (κ2) is 7.10. The summed E-state index contributed by atoms with van der Waals surface area (Å²) in [6.45, 7) is 2.05. The molecule has 1 saturated heterocycles. The Balaban J connectivity index is 1.67. The van der Waals surface area contributed by atoms with E-state index in [1.54, 1.807) is 0 Å². The van der Waals surface area contributed by atoms with Gasteiger partial charge in [0.05, 0.1) is 4.47 Å².